The van der Waals surface area contributed by atoms with Crippen LogP contribution in [-0.4, -0.2) is 41.0 Å². The molecule has 0 saturated heterocycles. The second-order valence-electron chi connectivity index (χ2n) is 4.18. The lowest BCUT2D eigenvalue weighted by atomic mass is 10.2. The molecule has 112 valence electrons. The van der Waals surface area contributed by atoms with Gasteiger partial charge in [0.25, 0.3) is 0 Å². The molecule has 1 N–H and O–H groups in total. The second-order valence-corrected chi connectivity index (χ2v) is 6.53. The van der Waals surface area contributed by atoms with E-state index in [4.69, 9.17) is 11.6 Å². The first-order valence-corrected chi connectivity index (χ1v) is 8.04. The normalized spacial score (nSPS) is 11.0. The molecule has 0 radical (unpaired) electrons. The van der Waals surface area contributed by atoms with E-state index in [1.165, 1.54) is 11.4 Å². The number of aryl methyl sites for hydroxylation is 1. The minimum Gasteiger partial charge on any atom is -0.453 e. The van der Waals surface area contributed by atoms with Crippen LogP contribution >= 0.6 is 11.6 Å². The van der Waals surface area contributed by atoms with Crippen molar-refractivity contribution in [3.05, 3.63) is 28.8 Å². The first-order valence-electron chi connectivity index (χ1n) is 5.81. The number of methoxy groups -OCH3 is 1. The molecule has 0 unspecified atom stereocenters. The minimum atomic E-state index is -3.46. The van der Waals surface area contributed by atoms with Crippen molar-refractivity contribution in [1.29, 1.82) is 0 Å². The molecule has 1 aromatic rings. The number of amides is 1. The average molecular weight is 321 g/mol. The Bertz CT molecular complexity index is 589. The number of carbonyl (C=O) groups excluding carboxylic acids is 1. The standard InChI is InChI=1S/C12H17ClN2O4S/c1-9-8-10(13)4-5-11(9)15(20(3,17)18)7-6-14-12(16)19-2/h4-5,8H,6-7H2,1-3H3,(H,14,16). The van der Waals surface area contributed by atoms with Gasteiger partial charge in [0.15, 0.2) is 0 Å². The van der Waals surface area contributed by atoms with Crippen molar-refractivity contribution < 1.29 is 17.9 Å². The lowest BCUT2D eigenvalue weighted by Gasteiger charge is -2.24. The van der Waals surface area contributed by atoms with Crippen LogP contribution in [0.4, 0.5) is 10.5 Å². The number of benzene rings is 1. The van der Waals surface area contributed by atoms with E-state index in [1.807, 2.05) is 0 Å². The summed E-state index contributed by atoms with van der Waals surface area (Å²) in [6.07, 6.45) is 0.505. The molecule has 20 heavy (non-hydrogen) atoms. The van der Waals surface area contributed by atoms with Crippen molar-refractivity contribution in [2.45, 2.75) is 6.92 Å². The molecule has 6 nitrogen and oxygen atoms in total. The fraction of sp³-hybridized carbons (Fsp3) is 0.417. The van der Waals surface area contributed by atoms with Crippen molar-refractivity contribution in [3.8, 4) is 0 Å². The molecule has 0 spiro atoms. The number of alkyl carbamates (subject to hydrolysis) is 1. The lowest BCUT2D eigenvalue weighted by Crippen LogP contribution is -2.38. The molecule has 1 aromatic carbocycles. The molecule has 0 saturated carbocycles. The number of hydrogen-bond acceptors (Lipinski definition) is 4. The van der Waals surface area contributed by atoms with Gasteiger partial charge >= 0.3 is 6.09 Å². The zero-order valence-corrected chi connectivity index (χ0v) is 13.1. The minimum absolute atomic E-state index is 0.108. The molecule has 0 bridgehead atoms. The van der Waals surface area contributed by atoms with Gasteiger partial charge in [-0.15, -0.1) is 0 Å². The van der Waals surface area contributed by atoms with E-state index in [0.717, 1.165) is 11.8 Å². The summed E-state index contributed by atoms with van der Waals surface area (Å²) in [7, 11) is -2.22. The third-order valence-electron chi connectivity index (χ3n) is 2.60. The van der Waals surface area contributed by atoms with E-state index in [1.54, 1.807) is 25.1 Å². The number of nitrogens with zero attached hydrogens (tertiary/aromatic N) is 1. The Labute approximate surface area is 123 Å². The van der Waals surface area contributed by atoms with Crippen LogP contribution in [-0.2, 0) is 14.8 Å². The van der Waals surface area contributed by atoms with Crippen LogP contribution in [0.3, 0.4) is 0 Å². The van der Waals surface area contributed by atoms with Crippen LogP contribution in [0.1, 0.15) is 5.56 Å². The van der Waals surface area contributed by atoms with Crippen LogP contribution in [0.5, 0.6) is 0 Å². The highest BCUT2D eigenvalue weighted by Crippen LogP contribution is 2.25. The fourth-order valence-electron chi connectivity index (χ4n) is 1.70. The zero-order valence-electron chi connectivity index (χ0n) is 11.5. The smallest absolute Gasteiger partial charge is 0.406 e. The molecule has 1 amide bonds. The van der Waals surface area contributed by atoms with Crippen LogP contribution < -0.4 is 9.62 Å². The monoisotopic (exact) mass is 320 g/mol. The topological polar surface area (TPSA) is 75.7 Å². The number of anilines is 1. The molecule has 0 atom stereocenters. The molecular formula is C12H17ClN2O4S. The lowest BCUT2D eigenvalue weighted by molar-refractivity contribution is 0.171. The van der Waals surface area contributed by atoms with Crippen molar-refractivity contribution >= 4 is 33.4 Å². The Kier molecular flexibility index (Phi) is 5.64. The van der Waals surface area contributed by atoms with Crippen LogP contribution in [0.25, 0.3) is 0 Å². The van der Waals surface area contributed by atoms with Crippen molar-refractivity contribution in [3.63, 3.8) is 0 Å². The average Bonchev–Trinajstić information content (AvgIpc) is 2.34. The number of carbonyl (C=O) groups is 1. The zero-order chi connectivity index (χ0) is 15.3. The van der Waals surface area contributed by atoms with Gasteiger partial charge in [-0.2, -0.15) is 0 Å². The Balaban J connectivity index is 2.93. The molecule has 0 aromatic heterocycles. The van der Waals surface area contributed by atoms with Gasteiger partial charge in [-0.1, -0.05) is 11.6 Å². The molecule has 0 heterocycles. The Morgan fingerprint density at radius 1 is 1.45 bits per heavy atom. The predicted molar refractivity (Wildman–Crippen MR) is 78.8 cm³/mol. The summed E-state index contributed by atoms with van der Waals surface area (Å²) in [6, 6.07) is 4.94. The quantitative estimate of drug-likeness (QED) is 0.897. The Hall–Kier alpha value is -1.47. The number of ether oxygens (including phenoxy) is 1. The van der Waals surface area contributed by atoms with Gasteiger partial charge in [-0.05, 0) is 30.7 Å². The SMILES string of the molecule is COC(=O)NCCN(c1ccc(Cl)cc1C)S(C)(=O)=O. The summed E-state index contributed by atoms with van der Waals surface area (Å²) < 4.78 is 29.4. The van der Waals surface area contributed by atoms with E-state index in [9.17, 15) is 13.2 Å². The van der Waals surface area contributed by atoms with Gasteiger partial charge in [-0.25, -0.2) is 13.2 Å². The van der Waals surface area contributed by atoms with Crippen LogP contribution in [0.15, 0.2) is 18.2 Å². The van der Waals surface area contributed by atoms with E-state index in [2.05, 4.69) is 10.1 Å². The summed E-state index contributed by atoms with van der Waals surface area (Å²) in [4.78, 5) is 11.0. The maximum absolute atomic E-state index is 11.9. The third kappa shape index (κ3) is 4.57. The van der Waals surface area contributed by atoms with E-state index in [0.29, 0.717) is 10.7 Å². The molecule has 0 aliphatic heterocycles. The summed E-state index contributed by atoms with van der Waals surface area (Å²) in [5, 5.41) is 2.98. The second kappa shape index (κ2) is 6.81. The summed E-state index contributed by atoms with van der Waals surface area (Å²) >= 11 is 5.86. The summed E-state index contributed by atoms with van der Waals surface area (Å²) in [6.45, 7) is 2.02. The van der Waals surface area contributed by atoms with E-state index >= 15 is 0 Å². The maximum atomic E-state index is 11.9. The number of rotatable bonds is 5. The van der Waals surface area contributed by atoms with Crippen LogP contribution in [0.2, 0.25) is 5.02 Å². The molecule has 8 heteroatoms. The molecule has 0 aliphatic carbocycles. The largest absolute Gasteiger partial charge is 0.453 e. The molecule has 0 aliphatic rings. The van der Waals surface area contributed by atoms with E-state index < -0.39 is 16.1 Å². The number of hydrogen-bond donors (Lipinski definition) is 1. The highest BCUT2D eigenvalue weighted by atomic mass is 35.5. The Morgan fingerprint density at radius 3 is 2.60 bits per heavy atom. The highest BCUT2D eigenvalue weighted by Gasteiger charge is 2.19. The molecular weight excluding hydrogens is 304 g/mol. The third-order valence-corrected chi connectivity index (χ3v) is 4.01. The van der Waals surface area contributed by atoms with E-state index in [-0.39, 0.29) is 13.1 Å². The summed E-state index contributed by atoms with van der Waals surface area (Å²) in [5.41, 5.74) is 1.27. The molecule has 1 rings (SSSR count). The van der Waals surface area contributed by atoms with Gasteiger partial charge in [0.05, 0.1) is 25.6 Å². The Morgan fingerprint density at radius 2 is 2.10 bits per heavy atom. The van der Waals surface area contributed by atoms with Crippen molar-refractivity contribution in [1.82, 2.24) is 5.32 Å². The fourth-order valence-corrected chi connectivity index (χ4v) is 2.91. The number of halogens is 1. The van der Waals surface area contributed by atoms with Gasteiger partial charge in [0, 0.05) is 11.6 Å². The predicted octanol–water partition coefficient (Wildman–Crippen LogP) is 1.77. The first-order chi connectivity index (χ1) is 9.25. The van der Waals surface area contributed by atoms with Gasteiger partial charge in [0.1, 0.15) is 0 Å². The summed E-state index contributed by atoms with van der Waals surface area (Å²) in [5.74, 6) is 0. The van der Waals surface area contributed by atoms with Crippen molar-refractivity contribution in [2.75, 3.05) is 30.8 Å². The van der Waals surface area contributed by atoms with Gasteiger partial charge in [0.2, 0.25) is 10.0 Å². The van der Waals surface area contributed by atoms with Crippen molar-refractivity contribution in [2.24, 2.45) is 0 Å². The van der Waals surface area contributed by atoms with Gasteiger partial charge < -0.3 is 10.1 Å². The highest BCUT2D eigenvalue weighted by molar-refractivity contribution is 7.92. The number of sulfonamides is 1. The number of nitrogens with one attached hydrogen (secondary N) is 1. The maximum Gasteiger partial charge on any atom is 0.406 e. The molecule has 0 fully saturated rings. The first kappa shape index (κ1) is 16.6. The van der Waals surface area contributed by atoms with Crippen LogP contribution in [0, 0.1) is 6.92 Å². The van der Waals surface area contributed by atoms with Gasteiger partial charge in [-0.3, -0.25) is 4.31 Å².